The number of carbonyl (C=O) groups is 1. The zero-order valence-corrected chi connectivity index (χ0v) is 11.9. The van der Waals surface area contributed by atoms with Gasteiger partial charge in [-0.1, -0.05) is 19.9 Å². The molecule has 0 heterocycles. The van der Waals surface area contributed by atoms with Gasteiger partial charge in [-0.2, -0.15) is 0 Å². The van der Waals surface area contributed by atoms with Gasteiger partial charge in [-0.15, -0.1) is 0 Å². The van der Waals surface area contributed by atoms with Gasteiger partial charge in [0.15, 0.2) is 0 Å². The first-order chi connectivity index (χ1) is 8.51. The summed E-state index contributed by atoms with van der Waals surface area (Å²) in [6.07, 6.45) is 2.37. The van der Waals surface area contributed by atoms with Crippen LogP contribution >= 0.6 is 0 Å². The monoisotopic (exact) mass is 248 g/mol. The van der Waals surface area contributed by atoms with E-state index in [4.69, 9.17) is 5.73 Å². The third-order valence-corrected chi connectivity index (χ3v) is 3.01. The molecule has 1 amide bonds. The minimum Gasteiger partial charge on any atom is -0.397 e. The largest absolute Gasteiger partial charge is 0.397 e. The molecule has 0 fully saturated rings. The normalized spacial score (nSPS) is 10.7. The molecule has 0 aliphatic rings. The fourth-order valence-corrected chi connectivity index (χ4v) is 2.05. The first-order valence-electron chi connectivity index (χ1n) is 6.71. The Morgan fingerprint density at radius 3 is 2.50 bits per heavy atom. The van der Waals surface area contributed by atoms with E-state index in [0.29, 0.717) is 12.1 Å². The maximum absolute atomic E-state index is 12.2. The number of carbonyl (C=O) groups excluding carboxylic acids is 1. The maximum atomic E-state index is 12.2. The molecule has 0 aliphatic carbocycles. The Hall–Kier alpha value is -1.51. The van der Waals surface area contributed by atoms with Gasteiger partial charge in [0, 0.05) is 12.5 Å². The van der Waals surface area contributed by atoms with Crippen molar-refractivity contribution in [2.75, 3.05) is 10.6 Å². The molecule has 100 valence electrons. The highest BCUT2D eigenvalue weighted by atomic mass is 16.2. The Labute approximate surface area is 110 Å². The molecule has 1 aromatic rings. The Kier molecular flexibility index (Phi) is 5.20. The molecule has 0 unspecified atom stereocenters. The van der Waals surface area contributed by atoms with Gasteiger partial charge in [0.2, 0.25) is 5.91 Å². The van der Waals surface area contributed by atoms with Gasteiger partial charge in [-0.3, -0.25) is 4.79 Å². The van der Waals surface area contributed by atoms with Crippen LogP contribution in [-0.2, 0) is 11.2 Å². The van der Waals surface area contributed by atoms with Crippen molar-refractivity contribution in [1.82, 2.24) is 0 Å². The first kappa shape index (κ1) is 14.6. The van der Waals surface area contributed by atoms with Crippen LogP contribution in [0.4, 0.5) is 11.4 Å². The highest BCUT2D eigenvalue weighted by molar-refractivity contribution is 5.96. The van der Waals surface area contributed by atoms with Crippen molar-refractivity contribution in [2.45, 2.75) is 53.0 Å². The smallest absolute Gasteiger partial charge is 0.227 e. The van der Waals surface area contributed by atoms with E-state index in [1.165, 1.54) is 5.56 Å². The molecule has 2 N–H and O–H groups in total. The minimum absolute atomic E-state index is 0.124. The topological polar surface area (TPSA) is 46.3 Å². The molecule has 3 heteroatoms. The maximum Gasteiger partial charge on any atom is 0.227 e. The van der Waals surface area contributed by atoms with Crippen LogP contribution in [0.3, 0.4) is 0 Å². The Morgan fingerprint density at radius 2 is 2.00 bits per heavy atom. The van der Waals surface area contributed by atoms with Crippen LogP contribution < -0.4 is 10.6 Å². The molecular weight excluding hydrogens is 224 g/mol. The highest BCUT2D eigenvalue weighted by Gasteiger charge is 2.20. The molecule has 1 rings (SSSR count). The van der Waals surface area contributed by atoms with Gasteiger partial charge in [0.1, 0.15) is 0 Å². The highest BCUT2D eigenvalue weighted by Crippen LogP contribution is 2.27. The third-order valence-electron chi connectivity index (χ3n) is 3.01. The second kappa shape index (κ2) is 6.43. The fourth-order valence-electron chi connectivity index (χ4n) is 2.05. The Bertz CT molecular complexity index is 413. The van der Waals surface area contributed by atoms with Crippen LogP contribution in [0.15, 0.2) is 18.2 Å². The molecule has 1 aromatic carbocycles. The summed E-state index contributed by atoms with van der Waals surface area (Å²) in [7, 11) is 0. The molecule has 0 saturated carbocycles. The predicted octanol–water partition coefficient (Wildman–Crippen LogP) is 3.37. The number of rotatable bonds is 5. The minimum atomic E-state index is 0.124. The molecule has 0 radical (unpaired) electrons. The summed E-state index contributed by atoms with van der Waals surface area (Å²) in [4.78, 5) is 14.0. The Balaban J connectivity index is 3.16. The van der Waals surface area contributed by atoms with Gasteiger partial charge < -0.3 is 10.6 Å². The van der Waals surface area contributed by atoms with Crippen molar-refractivity contribution < 1.29 is 4.79 Å². The van der Waals surface area contributed by atoms with E-state index in [-0.39, 0.29) is 11.9 Å². The number of nitrogens with zero attached hydrogens (tertiary/aromatic N) is 1. The molecule has 0 atom stereocenters. The number of hydrogen-bond donors (Lipinski definition) is 1. The summed E-state index contributed by atoms with van der Waals surface area (Å²) in [5.41, 5.74) is 8.75. The third kappa shape index (κ3) is 3.25. The van der Waals surface area contributed by atoms with E-state index in [0.717, 1.165) is 18.5 Å². The molecule has 3 nitrogen and oxygen atoms in total. The van der Waals surface area contributed by atoms with E-state index in [1.54, 1.807) is 0 Å². The van der Waals surface area contributed by atoms with Gasteiger partial charge in [-0.25, -0.2) is 0 Å². The van der Waals surface area contributed by atoms with Crippen molar-refractivity contribution >= 4 is 17.3 Å². The summed E-state index contributed by atoms with van der Waals surface area (Å²) in [5.74, 6) is 0.146. The van der Waals surface area contributed by atoms with Gasteiger partial charge >= 0.3 is 0 Å². The summed E-state index contributed by atoms with van der Waals surface area (Å²) in [6, 6.07) is 6.06. The molecule has 0 saturated heterocycles. The van der Waals surface area contributed by atoms with Crippen molar-refractivity contribution in [1.29, 1.82) is 0 Å². The van der Waals surface area contributed by atoms with Crippen LogP contribution in [0, 0.1) is 0 Å². The lowest BCUT2D eigenvalue weighted by Gasteiger charge is -2.28. The number of anilines is 2. The van der Waals surface area contributed by atoms with Crippen molar-refractivity contribution in [3.8, 4) is 0 Å². The average molecular weight is 248 g/mol. The molecule has 0 aromatic heterocycles. The molecule has 0 spiro atoms. The van der Waals surface area contributed by atoms with Crippen molar-refractivity contribution in [2.24, 2.45) is 0 Å². The summed E-state index contributed by atoms with van der Waals surface area (Å²) in [5, 5.41) is 0. The van der Waals surface area contributed by atoms with Gasteiger partial charge in [-0.05, 0) is 44.4 Å². The van der Waals surface area contributed by atoms with Crippen molar-refractivity contribution in [3.05, 3.63) is 23.8 Å². The number of aryl methyl sites for hydroxylation is 1. The van der Waals surface area contributed by atoms with Gasteiger partial charge in [0.25, 0.3) is 0 Å². The summed E-state index contributed by atoms with van der Waals surface area (Å²) >= 11 is 0. The SMILES string of the molecule is CCCC(=O)N(c1cc(CC)ccc1N)C(C)C. The first-order valence-corrected chi connectivity index (χ1v) is 6.71. The Morgan fingerprint density at radius 1 is 1.33 bits per heavy atom. The number of hydrogen-bond acceptors (Lipinski definition) is 2. The molecule has 18 heavy (non-hydrogen) atoms. The predicted molar refractivity (Wildman–Crippen MR) is 77.8 cm³/mol. The van der Waals surface area contributed by atoms with E-state index >= 15 is 0 Å². The van der Waals surface area contributed by atoms with Gasteiger partial charge in [0.05, 0.1) is 11.4 Å². The standard InChI is InChI=1S/C15H24N2O/c1-5-7-15(18)17(11(3)4)14-10-12(6-2)8-9-13(14)16/h8-11H,5-7,16H2,1-4H3. The fraction of sp³-hybridized carbons (Fsp3) is 0.533. The van der Waals surface area contributed by atoms with Crippen LogP contribution in [0.2, 0.25) is 0 Å². The number of nitrogens with two attached hydrogens (primary N) is 1. The van der Waals surface area contributed by atoms with Crippen LogP contribution in [0.1, 0.15) is 46.1 Å². The molecular formula is C15H24N2O. The van der Waals surface area contributed by atoms with E-state index < -0.39 is 0 Å². The second-order valence-corrected chi connectivity index (χ2v) is 4.85. The van der Waals surface area contributed by atoms with E-state index in [1.807, 2.05) is 43.9 Å². The quantitative estimate of drug-likeness (QED) is 0.812. The summed E-state index contributed by atoms with van der Waals surface area (Å²) < 4.78 is 0. The molecule has 0 aliphatic heterocycles. The summed E-state index contributed by atoms with van der Waals surface area (Å²) in [6.45, 7) is 8.16. The second-order valence-electron chi connectivity index (χ2n) is 4.85. The zero-order valence-electron chi connectivity index (χ0n) is 11.9. The van der Waals surface area contributed by atoms with Crippen molar-refractivity contribution in [3.63, 3.8) is 0 Å². The lowest BCUT2D eigenvalue weighted by atomic mass is 10.1. The number of amides is 1. The number of nitrogen functional groups attached to an aromatic ring is 1. The van der Waals surface area contributed by atoms with Crippen LogP contribution in [0.25, 0.3) is 0 Å². The van der Waals surface area contributed by atoms with Crippen LogP contribution in [-0.4, -0.2) is 11.9 Å². The lowest BCUT2D eigenvalue weighted by Crippen LogP contribution is -2.37. The zero-order chi connectivity index (χ0) is 13.7. The lowest BCUT2D eigenvalue weighted by molar-refractivity contribution is -0.119. The van der Waals surface area contributed by atoms with Crippen LogP contribution in [0.5, 0.6) is 0 Å². The van der Waals surface area contributed by atoms with E-state index in [9.17, 15) is 4.79 Å². The average Bonchev–Trinajstić information content (AvgIpc) is 2.31. The molecule has 0 bridgehead atoms. The number of benzene rings is 1. The van der Waals surface area contributed by atoms with E-state index in [2.05, 4.69) is 6.92 Å².